The molecule has 164 valence electrons. The summed E-state index contributed by atoms with van der Waals surface area (Å²) in [6.45, 7) is 2.39. The van der Waals surface area contributed by atoms with Gasteiger partial charge in [-0.25, -0.2) is 0 Å². The number of piperazine rings is 1. The highest BCUT2D eigenvalue weighted by Crippen LogP contribution is 2.18. The van der Waals surface area contributed by atoms with Gasteiger partial charge in [0.15, 0.2) is 0 Å². The van der Waals surface area contributed by atoms with Crippen molar-refractivity contribution in [1.82, 2.24) is 9.80 Å². The number of hydrogen-bond acceptors (Lipinski definition) is 2. The van der Waals surface area contributed by atoms with Crippen LogP contribution in [0.5, 0.6) is 0 Å². The van der Waals surface area contributed by atoms with Gasteiger partial charge in [-0.1, -0.05) is 78.9 Å². The van der Waals surface area contributed by atoms with Gasteiger partial charge >= 0.3 is 0 Å². The third-order valence-corrected chi connectivity index (χ3v) is 6.10. The van der Waals surface area contributed by atoms with Crippen molar-refractivity contribution in [3.8, 4) is 0 Å². The van der Waals surface area contributed by atoms with Gasteiger partial charge in [-0.05, 0) is 42.0 Å². The highest BCUT2D eigenvalue weighted by molar-refractivity contribution is 5.96. The molecule has 3 aromatic rings. The molecule has 0 spiro atoms. The Bertz CT molecular complexity index is 1030. The minimum absolute atomic E-state index is 0.0627. The Hall–Kier alpha value is -3.40. The van der Waals surface area contributed by atoms with Crippen molar-refractivity contribution in [2.75, 3.05) is 26.2 Å². The number of hydrogen-bond donors (Lipinski definition) is 0. The summed E-state index contributed by atoms with van der Waals surface area (Å²) >= 11 is 0. The first-order valence-corrected chi connectivity index (χ1v) is 11.4. The first kappa shape index (κ1) is 21.8. The van der Waals surface area contributed by atoms with E-state index in [-0.39, 0.29) is 11.8 Å². The van der Waals surface area contributed by atoms with E-state index < -0.39 is 0 Å². The zero-order valence-corrected chi connectivity index (χ0v) is 18.5. The molecule has 3 aromatic carbocycles. The van der Waals surface area contributed by atoms with E-state index in [9.17, 15) is 9.59 Å². The van der Waals surface area contributed by atoms with E-state index in [2.05, 4.69) is 24.3 Å². The quantitative estimate of drug-likeness (QED) is 0.555. The first-order chi connectivity index (χ1) is 15.7. The molecule has 1 fully saturated rings. The van der Waals surface area contributed by atoms with Crippen LogP contribution in [0.4, 0.5) is 0 Å². The van der Waals surface area contributed by atoms with Gasteiger partial charge in [0, 0.05) is 38.2 Å². The van der Waals surface area contributed by atoms with E-state index in [1.54, 1.807) is 0 Å². The minimum Gasteiger partial charge on any atom is -0.339 e. The Morgan fingerprint density at radius 2 is 1.22 bits per heavy atom. The van der Waals surface area contributed by atoms with Crippen LogP contribution >= 0.6 is 0 Å². The summed E-state index contributed by atoms with van der Waals surface area (Å²) in [7, 11) is 0. The smallest absolute Gasteiger partial charge is 0.254 e. The van der Waals surface area contributed by atoms with Crippen LogP contribution in [0.25, 0.3) is 0 Å². The van der Waals surface area contributed by atoms with E-state index in [0.717, 1.165) is 30.4 Å². The Kier molecular flexibility index (Phi) is 7.34. The summed E-state index contributed by atoms with van der Waals surface area (Å²) in [4.78, 5) is 29.6. The van der Waals surface area contributed by atoms with E-state index in [0.29, 0.717) is 32.6 Å². The van der Waals surface area contributed by atoms with Crippen molar-refractivity contribution in [2.24, 2.45) is 0 Å². The van der Waals surface area contributed by atoms with Gasteiger partial charge in [0.2, 0.25) is 5.91 Å². The third-order valence-electron chi connectivity index (χ3n) is 6.10. The van der Waals surface area contributed by atoms with Gasteiger partial charge in [-0.15, -0.1) is 0 Å². The molecule has 0 radical (unpaired) electrons. The molecule has 1 aliphatic heterocycles. The fourth-order valence-electron chi connectivity index (χ4n) is 4.27. The van der Waals surface area contributed by atoms with Crippen LogP contribution < -0.4 is 0 Å². The van der Waals surface area contributed by atoms with Crippen molar-refractivity contribution in [3.63, 3.8) is 0 Å². The van der Waals surface area contributed by atoms with Gasteiger partial charge in [-0.2, -0.15) is 0 Å². The summed E-state index contributed by atoms with van der Waals surface area (Å²) in [6, 6.07) is 28.4. The normalized spacial score (nSPS) is 13.8. The highest BCUT2D eigenvalue weighted by atomic mass is 16.2. The second-order valence-electron chi connectivity index (χ2n) is 8.33. The van der Waals surface area contributed by atoms with Crippen LogP contribution in [-0.4, -0.2) is 47.8 Å². The fourth-order valence-corrected chi connectivity index (χ4v) is 4.27. The van der Waals surface area contributed by atoms with Crippen LogP contribution in [0.1, 0.15) is 39.9 Å². The largest absolute Gasteiger partial charge is 0.339 e. The maximum atomic E-state index is 13.2. The molecule has 4 rings (SSSR count). The molecule has 32 heavy (non-hydrogen) atoms. The van der Waals surface area contributed by atoms with Crippen LogP contribution in [0.2, 0.25) is 0 Å². The predicted octanol–water partition coefficient (Wildman–Crippen LogP) is 4.58. The topological polar surface area (TPSA) is 40.6 Å². The maximum Gasteiger partial charge on any atom is 0.254 e. The maximum absolute atomic E-state index is 13.2. The van der Waals surface area contributed by atoms with Crippen molar-refractivity contribution < 1.29 is 9.59 Å². The number of aryl methyl sites for hydroxylation is 1. The molecule has 0 unspecified atom stereocenters. The second-order valence-corrected chi connectivity index (χ2v) is 8.33. The SMILES string of the molecule is O=C(CCCc1ccccc1)N1CCN(C(=O)c2ccccc2Cc2ccccc2)CC1. The van der Waals surface area contributed by atoms with Crippen LogP contribution in [-0.2, 0) is 17.6 Å². The molecule has 4 nitrogen and oxygen atoms in total. The summed E-state index contributed by atoms with van der Waals surface area (Å²) in [6.07, 6.45) is 3.07. The molecule has 1 heterocycles. The monoisotopic (exact) mass is 426 g/mol. The number of carbonyl (C=O) groups is 2. The Morgan fingerprint density at radius 1 is 0.656 bits per heavy atom. The van der Waals surface area contributed by atoms with Gasteiger partial charge in [0.05, 0.1) is 0 Å². The van der Waals surface area contributed by atoms with Gasteiger partial charge < -0.3 is 9.80 Å². The average Bonchev–Trinajstić information content (AvgIpc) is 2.85. The molecular weight excluding hydrogens is 396 g/mol. The van der Waals surface area contributed by atoms with E-state index >= 15 is 0 Å². The summed E-state index contributed by atoms with van der Waals surface area (Å²) in [5, 5.41) is 0. The lowest BCUT2D eigenvalue weighted by atomic mass is 9.99. The predicted molar refractivity (Wildman–Crippen MR) is 128 cm³/mol. The van der Waals surface area contributed by atoms with Crippen LogP contribution in [0.15, 0.2) is 84.9 Å². The lowest BCUT2D eigenvalue weighted by Gasteiger charge is -2.35. The summed E-state index contributed by atoms with van der Waals surface area (Å²) < 4.78 is 0. The van der Waals surface area contributed by atoms with Gasteiger partial charge in [0.25, 0.3) is 5.91 Å². The average molecular weight is 427 g/mol. The Labute approximate surface area is 190 Å². The highest BCUT2D eigenvalue weighted by Gasteiger charge is 2.25. The Balaban J connectivity index is 1.29. The zero-order chi connectivity index (χ0) is 22.2. The van der Waals surface area contributed by atoms with Crippen molar-refractivity contribution in [2.45, 2.75) is 25.7 Å². The molecule has 2 amide bonds. The second kappa shape index (κ2) is 10.8. The summed E-state index contributed by atoms with van der Waals surface area (Å²) in [5.41, 5.74) is 4.27. The van der Waals surface area contributed by atoms with E-state index in [4.69, 9.17) is 0 Å². The van der Waals surface area contributed by atoms with Gasteiger partial charge in [-0.3, -0.25) is 9.59 Å². The molecule has 0 aliphatic carbocycles. The molecule has 0 aromatic heterocycles. The number of nitrogens with zero attached hydrogens (tertiary/aromatic N) is 2. The van der Waals surface area contributed by atoms with Crippen molar-refractivity contribution >= 4 is 11.8 Å². The third kappa shape index (κ3) is 5.64. The van der Waals surface area contributed by atoms with Crippen molar-refractivity contribution in [3.05, 3.63) is 107 Å². The number of rotatable bonds is 7. The van der Waals surface area contributed by atoms with Gasteiger partial charge in [0.1, 0.15) is 0 Å². The summed E-state index contributed by atoms with van der Waals surface area (Å²) in [5.74, 6) is 0.255. The van der Waals surface area contributed by atoms with Crippen molar-refractivity contribution in [1.29, 1.82) is 0 Å². The fraction of sp³-hybridized carbons (Fsp3) is 0.286. The standard InChI is InChI=1S/C28H30N2O2/c31-27(17-9-14-23-10-3-1-4-11-23)29-18-20-30(21-19-29)28(32)26-16-8-7-15-25(26)22-24-12-5-2-6-13-24/h1-8,10-13,15-16H,9,14,17-22H2. The molecule has 1 saturated heterocycles. The lowest BCUT2D eigenvalue weighted by molar-refractivity contribution is -0.132. The Morgan fingerprint density at radius 3 is 1.91 bits per heavy atom. The molecule has 0 saturated carbocycles. The molecule has 0 atom stereocenters. The molecule has 0 N–H and O–H groups in total. The lowest BCUT2D eigenvalue weighted by Crippen LogP contribution is -2.50. The molecule has 4 heteroatoms. The minimum atomic E-state index is 0.0627. The number of carbonyl (C=O) groups excluding carboxylic acids is 2. The van der Waals surface area contributed by atoms with E-state index in [1.807, 2.05) is 70.5 Å². The number of amides is 2. The molecule has 1 aliphatic rings. The first-order valence-electron chi connectivity index (χ1n) is 11.4. The van der Waals surface area contributed by atoms with Crippen LogP contribution in [0, 0.1) is 0 Å². The zero-order valence-electron chi connectivity index (χ0n) is 18.5. The molecular formula is C28H30N2O2. The van der Waals surface area contributed by atoms with Crippen LogP contribution in [0.3, 0.4) is 0 Å². The van der Waals surface area contributed by atoms with E-state index in [1.165, 1.54) is 11.1 Å². The number of benzene rings is 3. The molecule has 0 bridgehead atoms.